The molecule has 0 aliphatic heterocycles. The summed E-state index contributed by atoms with van der Waals surface area (Å²) < 4.78 is 7.68. The van der Waals surface area contributed by atoms with Gasteiger partial charge in [0.05, 0.1) is 17.3 Å². The van der Waals surface area contributed by atoms with Crippen LogP contribution in [0.3, 0.4) is 0 Å². The number of hydrogen-bond acceptors (Lipinski definition) is 2. The van der Waals surface area contributed by atoms with Crippen LogP contribution in [0, 0.1) is 0 Å². The van der Waals surface area contributed by atoms with Crippen molar-refractivity contribution >= 4 is 22.6 Å². The fraction of sp³-hybridized carbons (Fsp3) is 0.0556. The number of aromatic nitrogens is 2. The van der Waals surface area contributed by atoms with Gasteiger partial charge in [-0.2, -0.15) is 0 Å². The molecule has 4 aromatic rings. The van der Waals surface area contributed by atoms with Gasteiger partial charge >= 0.3 is 0 Å². The minimum Gasteiger partial charge on any atom is -0.461 e. The van der Waals surface area contributed by atoms with Gasteiger partial charge in [-0.1, -0.05) is 41.9 Å². The van der Waals surface area contributed by atoms with E-state index in [1.54, 1.807) is 6.26 Å². The average Bonchev–Trinajstić information content (AvgIpc) is 3.17. The van der Waals surface area contributed by atoms with Crippen LogP contribution in [0.1, 0.15) is 5.56 Å². The molecule has 0 saturated carbocycles. The molecule has 2 aromatic carbocycles. The van der Waals surface area contributed by atoms with E-state index in [9.17, 15) is 0 Å². The van der Waals surface area contributed by atoms with Gasteiger partial charge in [-0.25, -0.2) is 4.98 Å². The predicted molar refractivity (Wildman–Crippen MR) is 88.0 cm³/mol. The summed E-state index contributed by atoms with van der Waals surface area (Å²) in [4.78, 5) is 4.70. The van der Waals surface area contributed by atoms with Crippen molar-refractivity contribution in [1.29, 1.82) is 0 Å². The summed E-state index contributed by atoms with van der Waals surface area (Å²) in [6.45, 7) is 0.716. The fourth-order valence-electron chi connectivity index (χ4n) is 2.62. The molecule has 2 heterocycles. The lowest BCUT2D eigenvalue weighted by Crippen LogP contribution is -2.01. The zero-order valence-electron chi connectivity index (χ0n) is 11.7. The van der Waals surface area contributed by atoms with Crippen LogP contribution in [0.2, 0.25) is 5.02 Å². The molecular weight excluding hydrogens is 296 g/mol. The number of nitrogens with zero attached hydrogens (tertiary/aromatic N) is 2. The standard InChI is InChI=1S/C18H13ClN2O/c19-14-8-9-15-16(11-14)21(12-13-5-2-1-3-6-13)18(20-15)17-7-4-10-22-17/h1-11H,12H2. The smallest absolute Gasteiger partial charge is 0.177 e. The lowest BCUT2D eigenvalue weighted by atomic mass is 10.2. The highest BCUT2D eigenvalue weighted by atomic mass is 35.5. The van der Waals surface area contributed by atoms with Crippen LogP contribution >= 0.6 is 11.6 Å². The van der Waals surface area contributed by atoms with Crippen LogP contribution in [-0.2, 0) is 6.54 Å². The van der Waals surface area contributed by atoms with E-state index in [0.29, 0.717) is 11.6 Å². The molecule has 0 unspecified atom stereocenters. The minimum absolute atomic E-state index is 0.702. The number of hydrogen-bond donors (Lipinski definition) is 0. The van der Waals surface area contributed by atoms with E-state index >= 15 is 0 Å². The van der Waals surface area contributed by atoms with Gasteiger partial charge in [0, 0.05) is 11.6 Å². The molecule has 0 bridgehead atoms. The summed E-state index contributed by atoms with van der Waals surface area (Å²) in [5, 5.41) is 0.702. The Balaban J connectivity index is 1.93. The van der Waals surface area contributed by atoms with E-state index in [0.717, 1.165) is 22.6 Å². The number of fused-ring (bicyclic) bond motifs is 1. The molecule has 0 aliphatic rings. The molecule has 2 aromatic heterocycles. The predicted octanol–water partition coefficient (Wildman–Crippen LogP) is 5.00. The second-order valence-corrected chi connectivity index (χ2v) is 5.55. The van der Waals surface area contributed by atoms with Crippen LogP contribution in [0.5, 0.6) is 0 Å². The molecular formula is C18H13ClN2O. The first-order chi connectivity index (χ1) is 10.8. The van der Waals surface area contributed by atoms with Crippen molar-refractivity contribution in [3.63, 3.8) is 0 Å². The minimum atomic E-state index is 0.702. The number of imidazole rings is 1. The summed E-state index contributed by atoms with van der Waals surface area (Å²) in [7, 11) is 0. The van der Waals surface area contributed by atoms with Gasteiger partial charge in [-0.05, 0) is 35.9 Å². The van der Waals surface area contributed by atoms with Crippen molar-refractivity contribution in [1.82, 2.24) is 9.55 Å². The average molecular weight is 309 g/mol. The van der Waals surface area contributed by atoms with Crippen LogP contribution in [0.4, 0.5) is 0 Å². The fourth-order valence-corrected chi connectivity index (χ4v) is 2.78. The molecule has 0 atom stereocenters. The first-order valence-electron chi connectivity index (χ1n) is 7.05. The monoisotopic (exact) mass is 308 g/mol. The highest BCUT2D eigenvalue weighted by Gasteiger charge is 2.15. The summed E-state index contributed by atoms with van der Waals surface area (Å²) in [5.74, 6) is 1.56. The Labute approximate surface area is 132 Å². The maximum absolute atomic E-state index is 6.16. The SMILES string of the molecule is Clc1ccc2nc(-c3ccco3)n(Cc3ccccc3)c2c1. The highest BCUT2D eigenvalue weighted by Crippen LogP contribution is 2.28. The quantitative estimate of drug-likeness (QED) is 0.533. The topological polar surface area (TPSA) is 31.0 Å². The van der Waals surface area contributed by atoms with Crippen molar-refractivity contribution in [2.24, 2.45) is 0 Å². The molecule has 0 saturated heterocycles. The second-order valence-electron chi connectivity index (χ2n) is 5.12. The summed E-state index contributed by atoms with van der Waals surface area (Å²) in [6.07, 6.45) is 1.66. The highest BCUT2D eigenvalue weighted by molar-refractivity contribution is 6.31. The number of benzene rings is 2. The Morgan fingerprint density at radius 1 is 1.00 bits per heavy atom. The van der Waals surface area contributed by atoms with Gasteiger partial charge in [0.1, 0.15) is 0 Å². The van der Waals surface area contributed by atoms with E-state index in [-0.39, 0.29) is 0 Å². The first-order valence-corrected chi connectivity index (χ1v) is 7.43. The Bertz CT molecular complexity index is 911. The molecule has 3 nitrogen and oxygen atoms in total. The van der Waals surface area contributed by atoms with E-state index in [4.69, 9.17) is 21.0 Å². The summed E-state index contributed by atoms with van der Waals surface area (Å²) in [5.41, 5.74) is 3.11. The normalized spacial score (nSPS) is 11.1. The third-order valence-corrected chi connectivity index (χ3v) is 3.87. The largest absolute Gasteiger partial charge is 0.461 e. The molecule has 0 fully saturated rings. The van der Waals surface area contributed by atoms with Crippen LogP contribution in [-0.4, -0.2) is 9.55 Å². The zero-order valence-corrected chi connectivity index (χ0v) is 12.5. The van der Waals surface area contributed by atoms with Gasteiger partial charge in [0.2, 0.25) is 0 Å². The number of rotatable bonds is 3. The maximum Gasteiger partial charge on any atom is 0.177 e. The number of halogens is 1. The molecule has 4 rings (SSSR count). The molecule has 0 spiro atoms. The summed E-state index contributed by atoms with van der Waals surface area (Å²) >= 11 is 6.16. The molecule has 22 heavy (non-hydrogen) atoms. The van der Waals surface area contributed by atoms with E-state index in [2.05, 4.69) is 16.7 Å². The van der Waals surface area contributed by atoms with Crippen LogP contribution in [0.15, 0.2) is 71.3 Å². The lowest BCUT2D eigenvalue weighted by molar-refractivity contribution is 0.572. The second kappa shape index (κ2) is 5.35. The van der Waals surface area contributed by atoms with Gasteiger partial charge in [0.25, 0.3) is 0 Å². The third-order valence-electron chi connectivity index (χ3n) is 3.64. The maximum atomic E-state index is 6.16. The van der Waals surface area contributed by atoms with E-state index < -0.39 is 0 Å². The Morgan fingerprint density at radius 3 is 2.64 bits per heavy atom. The lowest BCUT2D eigenvalue weighted by Gasteiger charge is -2.08. The third kappa shape index (κ3) is 2.30. The Hall–Kier alpha value is -2.52. The van der Waals surface area contributed by atoms with E-state index in [1.807, 2.05) is 48.5 Å². The molecule has 0 N–H and O–H groups in total. The Morgan fingerprint density at radius 2 is 1.86 bits per heavy atom. The van der Waals surface area contributed by atoms with Gasteiger partial charge in [0.15, 0.2) is 11.6 Å². The van der Waals surface area contributed by atoms with Crippen molar-refractivity contribution in [2.75, 3.05) is 0 Å². The molecule has 0 radical (unpaired) electrons. The van der Waals surface area contributed by atoms with Crippen molar-refractivity contribution < 1.29 is 4.42 Å². The van der Waals surface area contributed by atoms with Crippen molar-refractivity contribution in [3.8, 4) is 11.6 Å². The zero-order chi connectivity index (χ0) is 14.9. The van der Waals surface area contributed by atoms with Crippen LogP contribution < -0.4 is 0 Å². The number of furan rings is 1. The first kappa shape index (κ1) is 13.2. The molecule has 0 aliphatic carbocycles. The van der Waals surface area contributed by atoms with Gasteiger partial charge in [-0.15, -0.1) is 0 Å². The van der Waals surface area contributed by atoms with Crippen LogP contribution in [0.25, 0.3) is 22.6 Å². The van der Waals surface area contributed by atoms with Gasteiger partial charge < -0.3 is 8.98 Å². The summed E-state index contributed by atoms with van der Waals surface area (Å²) in [6, 6.07) is 19.8. The molecule has 108 valence electrons. The molecule has 0 amide bonds. The van der Waals surface area contributed by atoms with E-state index in [1.165, 1.54) is 5.56 Å². The van der Waals surface area contributed by atoms with Gasteiger partial charge in [-0.3, -0.25) is 0 Å². The Kier molecular flexibility index (Phi) is 3.20. The van der Waals surface area contributed by atoms with Crippen molar-refractivity contribution in [3.05, 3.63) is 77.5 Å². The van der Waals surface area contributed by atoms with Crippen molar-refractivity contribution in [2.45, 2.75) is 6.54 Å². The molecule has 4 heteroatoms.